The van der Waals surface area contributed by atoms with Crippen molar-refractivity contribution in [3.8, 4) is 10.6 Å². The second-order valence-electron chi connectivity index (χ2n) is 9.92. The van der Waals surface area contributed by atoms with Gasteiger partial charge in [-0.1, -0.05) is 61.6 Å². The summed E-state index contributed by atoms with van der Waals surface area (Å²) in [5.41, 5.74) is 3.69. The summed E-state index contributed by atoms with van der Waals surface area (Å²) >= 11 is 1.39. The minimum absolute atomic E-state index is 0.210. The topological polar surface area (TPSA) is 87.9 Å². The fourth-order valence-corrected chi connectivity index (χ4v) is 7.07. The van der Waals surface area contributed by atoms with Gasteiger partial charge in [-0.25, -0.2) is 13.4 Å². The summed E-state index contributed by atoms with van der Waals surface area (Å²) < 4.78 is 29.2. The third-order valence-corrected chi connectivity index (χ3v) is 9.45. The number of rotatable bonds is 7. The molecule has 0 bridgehead atoms. The van der Waals surface area contributed by atoms with E-state index in [2.05, 4.69) is 23.8 Å². The number of hydrogen-bond donors (Lipinski definition) is 0. The lowest BCUT2D eigenvalue weighted by molar-refractivity contribution is 0.180. The summed E-state index contributed by atoms with van der Waals surface area (Å²) in [6, 6.07) is 16.7. The van der Waals surface area contributed by atoms with Crippen LogP contribution in [0.15, 0.2) is 64.3 Å². The van der Waals surface area contributed by atoms with Crippen molar-refractivity contribution in [2.45, 2.75) is 38.6 Å². The number of fused-ring (bicyclic) bond motifs is 1. The highest BCUT2D eigenvalue weighted by Gasteiger charge is 2.28. The largest absolute Gasteiger partial charge is 0.295 e. The number of sulfonamides is 1. The Morgan fingerprint density at radius 3 is 2.38 bits per heavy atom. The van der Waals surface area contributed by atoms with E-state index >= 15 is 0 Å². The van der Waals surface area contributed by atoms with Crippen LogP contribution in [0.4, 0.5) is 0 Å². The molecule has 5 rings (SSSR count). The molecular weight excluding hydrogens is 506 g/mol. The average molecular weight is 538 g/mol. The van der Waals surface area contributed by atoms with E-state index in [4.69, 9.17) is 4.98 Å². The van der Waals surface area contributed by atoms with Crippen LogP contribution in [0.3, 0.4) is 0 Å². The van der Waals surface area contributed by atoms with Crippen LogP contribution in [0, 0.1) is 12.8 Å². The number of aryl methyl sites for hydroxylation is 1. The fourth-order valence-electron chi connectivity index (χ4n) is 4.63. The lowest BCUT2D eigenvalue weighted by Crippen LogP contribution is -2.48. The molecule has 0 radical (unpaired) electrons. The van der Waals surface area contributed by atoms with Crippen molar-refractivity contribution in [3.05, 3.63) is 81.8 Å². The molecular formula is C27H31N5O3S2. The molecule has 0 saturated carbocycles. The van der Waals surface area contributed by atoms with Gasteiger partial charge in [0.15, 0.2) is 0 Å². The van der Waals surface area contributed by atoms with Crippen molar-refractivity contribution in [2.24, 2.45) is 5.92 Å². The maximum absolute atomic E-state index is 13.2. The summed E-state index contributed by atoms with van der Waals surface area (Å²) in [6.07, 6.45) is 0.928. The fraction of sp³-hybridized carbons (Fsp3) is 0.370. The van der Waals surface area contributed by atoms with Gasteiger partial charge >= 0.3 is 0 Å². The van der Waals surface area contributed by atoms with Crippen molar-refractivity contribution in [1.82, 2.24) is 23.8 Å². The van der Waals surface area contributed by atoms with Gasteiger partial charge in [0.1, 0.15) is 5.01 Å². The number of benzene rings is 2. The third kappa shape index (κ3) is 5.52. The molecule has 1 aliphatic heterocycles. The van der Waals surface area contributed by atoms with Gasteiger partial charge in [-0.2, -0.15) is 13.9 Å². The van der Waals surface area contributed by atoms with Crippen molar-refractivity contribution >= 4 is 26.3 Å². The maximum atomic E-state index is 13.2. The Balaban J connectivity index is 1.26. The standard InChI is InChI=1S/C27H31N5O3S2/c1-19(2)16-21-8-10-23(11-9-21)37(34,35)31-14-12-30(13-15-31)18-22-17-25(33)32-27(28-22)36-26(29-32)24-7-5-4-6-20(24)3/h4-11,17,19H,12-16,18H2,1-3H3. The molecule has 1 aliphatic rings. The van der Waals surface area contributed by atoms with Gasteiger partial charge in [-0.15, -0.1) is 0 Å². The van der Waals surface area contributed by atoms with Gasteiger partial charge < -0.3 is 0 Å². The zero-order chi connectivity index (χ0) is 26.2. The minimum atomic E-state index is -3.54. The molecule has 194 valence electrons. The molecule has 0 spiro atoms. The van der Waals surface area contributed by atoms with Gasteiger partial charge in [0.05, 0.1) is 10.6 Å². The Bertz CT molecular complexity index is 1570. The number of nitrogens with zero attached hydrogens (tertiary/aromatic N) is 5. The molecule has 0 N–H and O–H groups in total. The molecule has 2 aromatic heterocycles. The zero-order valence-corrected chi connectivity index (χ0v) is 22.9. The Hall–Kier alpha value is -2.92. The van der Waals surface area contributed by atoms with Crippen LogP contribution in [0.25, 0.3) is 15.5 Å². The number of hydrogen-bond acceptors (Lipinski definition) is 7. The van der Waals surface area contributed by atoms with E-state index in [0.29, 0.717) is 54.2 Å². The van der Waals surface area contributed by atoms with Crippen LogP contribution in [0.5, 0.6) is 0 Å². The quantitative estimate of drug-likeness (QED) is 0.356. The van der Waals surface area contributed by atoms with E-state index in [0.717, 1.165) is 28.1 Å². The van der Waals surface area contributed by atoms with Gasteiger partial charge in [-0.05, 0) is 42.5 Å². The second-order valence-corrected chi connectivity index (χ2v) is 12.8. The summed E-state index contributed by atoms with van der Waals surface area (Å²) in [7, 11) is -3.54. The lowest BCUT2D eigenvalue weighted by Gasteiger charge is -2.33. The average Bonchev–Trinajstić information content (AvgIpc) is 3.29. The van der Waals surface area contributed by atoms with Gasteiger partial charge in [0.2, 0.25) is 15.0 Å². The molecule has 3 heterocycles. The molecule has 0 atom stereocenters. The highest BCUT2D eigenvalue weighted by atomic mass is 32.2. The van der Waals surface area contributed by atoms with Crippen LogP contribution in [-0.4, -0.2) is 58.4 Å². The van der Waals surface area contributed by atoms with Gasteiger partial charge in [0.25, 0.3) is 5.56 Å². The van der Waals surface area contributed by atoms with E-state index in [1.54, 1.807) is 16.4 Å². The molecule has 0 amide bonds. The molecule has 0 unspecified atom stereocenters. The molecule has 10 heteroatoms. The third-order valence-electron chi connectivity index (χ3n) is 6.60. The first kappa shape index (κ1) is 25.7. The van der Waals surface area contributed by atoms with Crippen molar-refractivity contribution < 1.29 is 8.42 Å². The Morgan fingerprint density at radius 1 is 1.00 bits per heavy atom. The van der Waals surface area contributed by atoms with Crippen LogP contribution >= 0.6 is 11.3 Å². The highest BCUT2D eigenvalue weighted by Crippen LogP contribution is 2.27. The second kappa shape index (κ2) is 10.4. The first-order valence-corrected chi connectivity index (χ1v) is 14.7. The predicted octanol–water partition coefficient (Wildman–Crippen LogP) is 3.83. The normalized spacial score (nSPS) is 15.6. The van der Waals surface area contributed by atoms with Crippen LogP contribution < -0.4 is 5.56 Å². The molecule has 8 nitrogen and oxygen atoms in total. The Labute approximate surface area is 221 Å². The molecule has 37 heavy (non-hydrogen) atoms. The van der Waals surface area contributed by atoms with Gasteiger partial charge in [0, 0.05) is 44.4 Å². The summed E-state index contributed by atoms with van der Waals surface area (Å²) in [5.74, 6) is 0.521. The Morgan fingerprint density at radius 2 is 1.70 bits per heavy atom. The van der Waals surface area contributed by atoms with E-state index in [1.807, 2.05) is 43.3 Å². The first-order valence-electron chi connectivity index (χ1n) is 12.5. The maximum Gasteiger partial charge on any atom is 0.275 e. The number of piperazine rings is 1. The lowest BCUT2D eigenvalue weighted by atomic mass is 10.0. The first-order chi connectivity index (χ1) is 17.7. The predicted molar refractivity (Wildman–Crippen MR) is 146 cm³/mol. The van der Waals surface area contributed by atoms with Crippen molar-refractivity contribution in [3.63, 3.8) is 0 Å². The van der Waals surface area contributed by atoms with E-state index in [9.17, 15) is 13.2 Å². The molecule has 4 aromatic rings. The summed E-state index contributed by atoms with van der Waals surface area (Å²) in [5, 5.41) is 5.25. The number of aromatic nitrogens is 3. The molecule has 0 aliphatic carbocycles. The van der Waals surface area contributed by atoms with Crippen LogP contribution in [-0.2, 0) is 23.0 Å². The monoisotopic (exact) mass is 537 g/mol. The van der Waals surface area contributed by atoms with Crippen LogP contribution in [0.2, 0.25) is 0 Å². The van der Waals surface area contributed by atoms with Crippen LogP contribution in [0.1, 0.15) is 30.7 Å². The molecule has 2 aromatic carbocycles. The minimum Gasteiger partial charge on any atom is -0.295 e. The molecule has 1 saturated heterocycles. The zero-order valence-electron chi connectivity index (χ0n) is 21.3. The van der Waals surface area contributed by atoms with E-state index in [1.165, 1.54) is 21.9 Å². The van der Waals surface area contributed by atoms with E-state index < -0.39 is 10.0 Å². The Kier molecular flexibility index (Phi) is 7.26. The highest BCUT2D eigenvalue weighted by molar-refractivity contribution is 7.89. The van der Waals surface area contributed by atoms with Crippen molar-refractivity contribution in [2.75, 3.05) is 26.2 Å². The van der Waals surface area contributed by atoms with Gasteiger partial charge in [-0.3, -0.25) is 9.69 Å². The smallest absolute Gasteiger partial charge is 0.275 e. The van der Waals surface area contributed by atoms with Crippen molar-refractivity contribution in [1.29, 1.82) is 0 Å². The van der Waals surface area contributed by atoms with E-state index in [-0.39, 0.29) is 5.56 Å². The molecule has 1 fully saturated rings. The summed E-state index contributed by atoms with van der Waals surface area (Å²) in [6.45, 7) is 8.74. The summed E-state index contributed by atoms with van der Waals surface area (Å²) in [4.78, 5) is 20.5. The SMILES string of the molecule is Cc1ccccc1-c1nn2c(=O)cc(CN3CCN(S(=O)(=O)c4ccc(CC(C)C)cc4)CC3)nc2s1.